The first kappa shape index (κ1) is 28.3. The molecule has 0 radical (unpaired) electrons. The number of carbonyl (C=O) groups is 4. The van der Waals surface area contributed by atoms with Crippen molar-refractivity contribution in [3.05, 3.63) is 0 Å². The van der Waals surface area contributed by atoms with Crippen molar-refractivity contribution in [1.82, 2.24) is 25.3 Å². The van der Waals surface area contributed by atoms with Gasteiger partial charge >= 0.3 is 0 Å². The molecule has 3 aliphatic heterocycles. The molecule has 1 atom stereocenters. The maximum atomic E-state index is 13.6. The standard InChI is InChI=1S/C25H43N5O6/c1-24(2,3)15-21(32)29-8-5-25(6-9-29)16-22(33)30-11-10-28(4)17-19(30)23(34)26-7-12-35-13-14-36-18-20(31)27-25/h19H,5-18H2,1-4H3,(H,26,34)(H,27,31)/t19-/m0/s1. The highest BCUT2D eigenvalue weighted by Gasteiger charge is 2.42. The van der Waals surface area contributed by atoms with Gasteiger partial charge in [0, 0.05) is 45.7 Å². The minimum atomic E-state index is -0.798. The van der Waals surface area contributed by atoms with Gasteiger partial charge in [-0.2, -0.15) is 0 Å². The molecular weight excluding hydrogens is 466 g/mol. The van der Waals surface area contributed by atoms with Crippen LogP contribution in [0.2, 0.25) is 0 Å². The zero-order chi connectivity index (χ0) is 26.3. The Labute approximate surface area is 214 Å². The van der Waals surface area contributed by atoms with Crippen LogP contribution in [0.15, 0.2) is 0 Å². The number of nitrogens with zero attached hydrogens (tertiary/aromatic N) is 3. The molecule has 0 aromatic heterocycles. The van der Waals surface area contributed by atoms with Gasteiger partial charge in [0.1, 0.15) is 12.6 Å². The third-order valence-electron chi connectivity index (χ3n) is 7.01. The molecule has 204 valence electrons. The van der Waals surface area contributed by atoms with E-state index in [4.69, 9.17) is 9.47 Å². The molecule has 0 aromatic rings. The first-order valence-corrected chi connectivity index (χ1v) is 13.0. The fourth-order valence-corrected chi connectivity index (χ4v) is 5.01. The SMILES string of the molecule is CN1CCN2C(=O)CC3(CCN(C(=O)CC(C)(C)C)CC3)NC(=O)COCCOCCNC(=O)[C@@H]2C1. The Balaban J connectivity index is 1.77. The molecule has 2 N–H and O–H groups in total. The van der Waals surface area contributed by atoms with Crippen molar-refractivity contribution in [2.45, 2.75) is 58.0 Å². The molecule has 0 bridgehead atoms. The number of amides is 4. The smallest absolute Gasteiger partial charge is 0.246 e. The molecular formula is C25H43N5O6. The summed E-state index contributed by atoms with van der Waals surface area (Å²) in [6.07, 6.45) is 1.46. The van der Waals surface area contributed by atoms with Gasteiger partial charge < -0.3 is 34.8 Å². The van der Waals surface area contributed by atoms with Gasteiger partial charge in [-0.05, 0) is 25.3 Å². The normalized spacial score (nSPS) is 25.8. The second-order valence-electron chi connectivity index (χ2n) is 11.4. The van der Waals surface area contributed by atoms with Crippen molar-refractivity contribution in [2.24, 2.45) is 5.41 Å². The Kier molecular flexibility index (Phi) is 9.71. The van der Waals surface area contributed by atoms with Gasteiger partial charge in [-0.25, -0.2) is 0 Å². The second-order valence-corrected chi connectivity index (χ2v) is 11.4. The van der Waals surface area contributed by atoms with E-state index in [-0.39, 0.29) is 48.7 Å². The predicted octanol–water partition coefficient (Wildman–Crippen LogP) is -0.404. The van der Waals surface area contributed by atoms with Crippen LogP contribution in [-0.2, 0) is 28.7 Å². The summed E-state index contributed by atoms with van der Waals surface area (Å²) in [4.78, 5) is 57.7. The number of hydrogen-bond donors (Lipinski definition) is 2. The number of likely N-dealkylation sites (N-methyl/N-ethyl adjacent to an activating group) is 1. The Morgan fingerprint density at radius 2 is 1.72 bits per heavy atom. The van der Waals surface area contributed by atoms with Crippen molar-refractivity contribution in [3.8, 4) is 0 Å². The van der Waals surface area contributed by atoms with E-state index in [1.807, 2.05) is 37.6 Å². The number of piperazine rings is 1. The van der Waals surface area contributed by atoms with Crippen LogP contribution in [0.25, 0.3) is 0 Å². The maximum Gasteiger partial charge on any atom is 0.246 e. The van der Waals surface area contributed by atoms with Gasteiger partial charge in [-0.1, -0.05) is 20.8 Å². The molecule has 0 aromatic carbocycles. The van der Waals surface area contributed by atoms with E-state index in [0.29, 0.717) is 71.7 Å². The van der Waals surface area contributed by atoms with Crippen molar-refractivity contribution in [2.75, 3.05) is 72.7 Å². The number of carbonyl (C=O) groups excluding carboxylic acids is 4. The zero-order valence-electron chi connectivity index (χ0n) is 22.3. The van der Waals surface area contributed by atoms with Crippen LogP contribution < -0.4 is 10.6 Å². The Bertz CT molecular complexity index is 805. The third kappa shape index (κ3) is 8.14. The molecule has 1 spiro atoms. The number of hydrogen-bond acceptors (Lipinski definition) is 7. The molecule has 3 fully saturated rings. The van der Waals surface area contributed by atoms with Gasteiger partial charge in [-0.3, -0.25) is 19.2 Å². The van der Waals surface area contributed by atoms with Crippen molar-refractivity contribution >= 4 is 23.6 Å². The number of nitrogens with one attached hydrogen (secondary N) is 2. The summed E-state index contributed by atoms with van der Waals surface area (Å²) in [7, 11) is 1.93. The quantitative estimate of drug-likeness (QED) is 0.493. The van der Waals surface area contributed by atoms with Crippen LogP contribution in [0, 0.1) is 5.41 Å². The molecule has 0 saturated carbocycles. The molecule has 11 heteroatoms. The van der Waals surface area contributed by atoms with E-state index in [1.165, 1.54) is 0 Å². The zero-order valence-corrected chi connectivity index (χ0v) is 22.3. The summed E-state index contributed by atoms with van der Waals surface area (Å²) in [5.41, 5.74) is -0.912. The summed E-state index contributed by atoms with van der Waals surface area (Å²) in [6, 6.07) is -0.603. The predicted molar refractivity (Wildman–Crippen MR) is 133 cm³/mol. The molecule has 4 amide bonds. The average Bonchev–Trinajstić information content (AvgIpc) is 2.79. The van der Waals surface area contributed by atoms with Crippen molar-refractivity contribution in [1.29, 1.82) is 0 Å². The first-order chi connectivity index (χ1) is 17.0. The largest absolute Gasteiger partial charge is 0.377 e. The minimum absolute atomic E-state index is 0.0800. The van der Waals surface area contributed by atoms with E-state index < -0.39 is 11.6 Å². The lowest BCUT2D eigenvalue weighted by atomic mass is 9.82. The van der Waals surface area contributed by atoms with Crippen LogP contribution in [0.4, 0.5) is 0 Å². The van der Waals surface area contributed by atoms with Crippen LogP contribution in [0.1, 0.15) is 46.5 Å². The van der Waals surface area contributed by atoms with Crippen molar-refractivity contribution < 1.29 is 28.7 Å². The summed E-state index contributed by atoms with van der Waals surface area (Å²) < 4.78 is 10.9. The molecule has 0 unspecified atom stereocenters. The fourth-order valence-electron chi connectivity index (χ4n) is 5.01. The minimum Gasteiger partial charge on any atom is -0.377 e. The molecule has 3 saturated heterocycles. The van der Waals surface area contributed by atoms with Gasteiger partial charge in [0.15, 0.2) is 0 Å². The van der Waals surface area contributed by atoms with Crippen LogP contribution >= 0.6 is 0 Å². The number of piperidine rings is 1. The highest BCUT2D eigenvalue weighted by Crippen LogP contribution is 2.30. The van der Waals surface area contributed by atoms with E-state index in [0.717, 1.165) is 0 Å². The summed E-state index contributed by atoms with van der Waals surface area (Å²) >= 11 is 0. The lowest BCUT2D eigenvalue weighted by Crippen LogP contribution is -2.63. The Hall–Kier alpha value is -2.24. The van der Waals surface area contributed by atoms with Crippen LogP contribution in [-0.4, -0.2) is 123 Å². The lowest BCUT2D eigenvalue weighted by Gasteiger charge is -2.45. The Morgan fingerprint density at radius 3 is 2.42 bits per heavy atom. The van der Waals surface area contributed by atoms with Crippen LogP contribution in [0.5, 0.6) is 0 Å². The third-order valence-corrected chi connectivity index (χ3v) is 7.01. The van der Waals surface area contributed by atoms with E-state index in [2.05, 4.69) is 10.6 Å². The molecule has 3 aliphatic rings. The number of rotatable bonds is 1. The number of ether oxygens (including phenoxy) is 2. The second kappa shape index (κ2) is 12.3. The highest BCUT2D eigenvalue weighted by molar-refractivity contribution is 5.89. The lowest BCUT2D eigenvalue weighted by molar-refractivity contribution is -0.146. The van der Waals surface area contributed by atoms with E-state index in [9.17, 15) is 19.2 Å². The van der Waals surface area contributed by atoms with E-state index >= 15 is 0 Å². The number of likely N-dealkylation sites (tertiary alicyclic amines) is 1. The summed E-state index contributed by atoms with van der Waals surface area (Å²) in [6.45, 7) is 9.68. The highest BCUT2D eigenvalue weighted by atomic mass is 16.5. The van der Waals surface area contributed by atoms with E-state index in [1.54, 1.807) is 4.90 Å². The molecule has 3 heterocycles. The monoisotopic (exact) mass is 509 g/mol. The van der Waals surface area contributed by atoms with Gasteiger partial charge in [0.25, 0.3) is 0 Å². The molecule has 3 rings (SSSR count). The number of fused-ring (bicyclic) bond motifs is 1. The molecule has 11 nitrogen and oxygen atoms in total. The van der Waals surface area contributed by atoms with Gasteiger partial charge in [-0.15, -0.1) is 0 Å². The fraction of sp³-hybridized carbons (Fsp3) is 0.840. The topological polar surface area (TPSA) is 121 Å². The van der Waals surface area contributed by atoms with Gasteiger partial charge in [0.05, 0.1) is 31.8 Å². The molecule has 0 aliphatic carbocycles. The summed E-state index contributed by atoms with van der Waals surface area (Å²) in [5.74, 6) is -0.579. The molecule has 36 heavy (non-hydrogen) atoms. The van der Waals surface area contributed by atoms with Crippen molar-refractivity contribution in [3.63, 3.8) is 0 Å². The Morgan fingerprint density at radius 1 is 1.03 bits per heavy atom. The maximum absolute atomic E-state index is 13.6. The summed E-state index contributed by atoms with van der Waals surface area (Å²) in [5, 5.41) is 5.95. The average molecular weight is 510 g/mol. The van der Waals surface area contributed by atoms with Gasteiger partial charge in [0.2, 0.25) is 23.6 Å². The van der Waals surface area contributed by atoms with Crippen LogP contribution in [0.3, 0.4) is 0 Å². The first-order valence-electron chi connectivity index (χ1n) is 13.0.